The highest BCUT2D eigenvalue weighted by Crippen LogP contribution is 2.59. The molecule has 1 aliphatic carbocycles. The van der Waals surface area contributed by atoms with E-state index >= 15 is 0 Å². The average Bonchev–Trinajstić information content (AvgIpc) is 3.58. The van der Waals surface area contributed by atoms with Crippen molar-refractivity contribution in [2.45, 2.75) is 18.2 Å². The molecule has 43 heavy (non-hydrogen) atoms. The van der Waals surface area contributed by atoms with Gasteiger partial charge in [-0.2, -0.15) is 10.2 Å². The number of hydrogen-bond donors (Lipinski definition) is 0. The Kier molecular flexibility index (Phi) is 7.04. The molecular weight excluding hydrogens is 627 g/mol. The van der Waals surface area contributed by atoms with Crippen molar-refractivity contribution in [3.05, 3.63) is 93.9 Å². The van der Waals surface area contributed by atoms with Crippen LogP contribution in [-0.4, -0.2) is 49.0 Å². The molecule has 4 heterocycles. The number of rotatable bonds is 8. The Morgan fingerprint density at radius 3 is 1.53 bits per heavy atom. The van der Waals surface area contributed by atoms with E-state index in [4.69, 9.17) is 32.7 Å². The maximum absolute atomic E-state index is 13.0. The second-order valence-corrected chi connectivity index (χ2v) is 13.9. The summed E-state index contributed by atoms with van der Waals surface area (Å²) in [4.78, 5) is 28.6. The summed E-state index contributed by atoms with van der Waals surface area (Å²) in [6.45, 7) is 3.85. The monoisotopic (exact) mass is 650 g/mol. The summed E-state index contributed by atoms with van der Waals surface area (Å²) in [6.07, 6.45) is 0. The minimum absolute atomic E-state index is 0.0150. The van der Waals surface area contributed by atoms with Gasteiger partial charge in [-0.3, -0.25) is 0 Å². The van der Waals surface area contributed by atoms with Crippen molar-refractivity contribution in [3.8, 4) is 11.4 Å². The number of alkyl halides is 2. The summed E-state index contributed by atoms with van der Waals surface area (Å²) < 4.78 is 13.7. The fourth-order valence-corrected chi connectivity index (χ4v) is 8.06. The molecule has 1 saturated carbocycles. The zero-order chi connectivity index (χ0) is 29.9. The minimum atomic E-state index is -1.16. The van der Waals surface area contributed by atoms with E-state index in [9.17, 15) is 9.59 Å². The summed E-state index contributed by atoms with van der Waals surface area (Å²) in [5, 5.41) is 11.0. The van der Waals surface area contributed by atoms with Crippen molar-refractivity contribution in [2.75, 3.05) is 13.2 Å². The van der Waals surface area contributed by atoms with Gasteiger partial charge < -0.3 is 9.47 Å². The molecule has 0 amide bonds. The number of nitrogens with zero attached hydrogens (tertiary/aromatic N) is 4. The molecule has 0 saturated heterocycles. The highest BCUT2D eigenvalue weighted by molar-refractivity contribution is 7.20. The zero-order valence-electron chi connectivity index (χ0n) is 23.0. The molecule has 2 aromatic carbocycles. The largest absolute Gasteiger partial charge is 0.461 e. The molecule has 8 nitrogen and oxygen atoms in total. The van der Waals surface area contributed by atoms with E-state index in [1.54, 1.807) is 12.1 Å². The predicted octanol–water partition coefficient (Wildman–Crippen LogP) is 7.54. The number of aromatic nitrogens is 4. The molecule has 1 aliphatic rings. The maximum atomic E-state index is 13.0. The van der Waals surface area contributed by atoms with Crippen LogP contribution >= 0.6 is 45.9 Å². The van der Waals surface area contributed by atoms with Gasteiger partial charge in [0.15, 0.2) is 0 Å². The molecule has 2 atom stereocenters. The Labute approximate surface area is 264 Å². The molecule has 6 aromatic rings. The Hall–Kier alpha value is -3.70. The van der Waals surface area contributed by atoms with Gasteiger partial charge in [-0.1, -0.05) is 36.4 Å². The number of thiophene rings is 2. The van der Waals surface area contributed by atoms with Gasteiger partial charge in [0.05, 0.1) is 36.0 Å². The van der Waals surface area contributed by atoms with Crippen LogP contribution in [0.25, 0.3) is 31.8 Å². The summed E-state index contributed by atoms with van der Waals surface area (Å²) >= 11 is 15.7. The highest BCUT2D eigenvalue weighted by Gasteiger charge is 2.64. The first kappa shape index (κ1) is 28.1. The van der Waals surface area contributed by atoms with Crippen molar-refractivity contribution in [3.63, 3.8) is 0 Å². The lowest BCUT2D eigenvalue weighted by atomic mass is 10.3. The lowest BCUT2D eigenvalue weighted by molar-refractivity contribution is 0.0425. The number of hydrogen-bond acceptors (Lipinski definition) is 8. The predicted molar refractivity (Wildman–Crippen MR) is 169 cm³/mol. The second-order valence-electron chi connectivity index (χ2n) is 10.4. The van der Waals surface area contributed by atoms with Gasteiger partial charge in [0, 0.05) is 22.6 Å². The van der Waals surface area contributed by atoms with Crippen molar-refractivity contribution in [1.82, 2.24) is 19.6 Å². The van der Waals surface area contributed by atoms with Crippen LogP contribution in [0.15, 0.2) is 72.8 Å². The van der Waals surface area contributed by atoms with Gasteiger partial charge in [0.2, 0.25) is 0 Å². The van der Waals surface area contributed by atoms with Gasteiger partial charge in [-0.25, -0.2) is 19.0 Å². The van der Waals surface area contributed by atoms with Crippen LogP contribution in [0.4, 0.5) is 0 Å². The lowest BCUT2D eigenvalue weighted by Crippen LogP contribution is -2.10. The number of benzene rings is 2. The van der Waals surface area contributed by atoms with Crippen LogP contribution in [0.3, 0.4) is 0 Å². The SMILES string of the molecule is Cc1nn(-c2ccccc2)c2sc(C(=O)OCC3C(COC(=O)c4cc5c(C)nn(-c6ccccc6)c5s4)C3(Cl)Cl)cc12. The van der Waals surface area contributed by atoms with Gasteiger partial charge in [0.1, 0.15) is 23.7 Å². The first-order valence-corrected chi connectivity index (χ1v) is 15.9. The molecule has 2 unspecified atom stereocenters. The maximum Gasteiger partial charge on any atom is 0.348 e. The molecule has 0 radical (unpaired) electrons. The van der Waals surface area contributed by atoms with Crippen LogP contribution in [0, 0.1) is 25.7 Å². The first-order valence-electron chi connectivity index (χ1n) is 13.5. The van der Waals surface area contributed by atoms with E-state index in [1.165, 1.54) is 22.7 Å². The Bertz CT molecular complexity index is 1850. The number of fused-ring (bicyclic) bond motifs is 2. The number of carbonyl (C=O) groups excluding carboxylic acids is 2. The Balaban J connectivity index is 0.989. The topological polar surface area (TPSA) is 88.2 Å². The standard InChI is InChI=1S/C31H24Cl2N4O4S2/c1-17-21-13-25(42-27(21)36(34-17)19-9-5-3-6-10-19)29(38)40-15-23-24(31(23,32)33)16-41-30(39)26-14-22-18(2)35-37(28(22)43-26)20-11-7-4-8-12-20/h3-14,23-24H,15-16H2,1-2H3. The van der Waals surface area contributed by atoms with Crippen LogP contribution in [-0.2, 0) is 9.47 Å². The number of esters is 2. The molecule has 12 heteroatoms. The quantitative estimate of drug-likeness (QED) is 0.125. The van der Waals surface area contributed by atoms with E-state index < -0.39 is 16.3 Å². The molecule has 4 aromatic heterocycles. The summed E-state index contributed by atoms with van der Waals surface area (Å²) in [7, 11) is 0. The van der Waals surface area contributed by atoms with Crippen molar-refractivity contribution in [2.24, 2.45) is 11.8 Å². The van der Waals surface area contributed by atoms with Crippen LogP contribution in [0.2, 0.25) is 0 Å². The molecular formula is C31H24Cl2N4O4S2. The average molecular weight is 652 g/mol. The fraction of sp³-hybridized carbons (Fsp3) is 0.226. The number of halogens is 2. The van der Waals surface area contributed by atoms with Crippen LogP contribution < -0.4 is 0 Å². The normalized spacial score (nSPS) is 17.4. The highest BCUT2D eigenvalue weighted by atomic mass is 35.5. The zero-order valence-corrected chi connectivity index (χ0v) is 26.1. The van der Waals surface area contributed by atoms with Crippen molar-refractivity contribution < 1.29 is 19.1 Å². The summed E-state index contributed by atoms with van der Waals surface area (Å²) in [6, 6.07) is 23.1. The van der Waals surface area contributed by atoms with Gasteiger partial charge in [-0.05, 0) is 50.2 Å². The third kappa shape index (κ3) is 5.02. The number of carbonyl (C=O) groups is 2. The molecule has 7 rings (SSSR count). The van der Waals surface area contributed by atoms with Gasteiger partial charge in [0.25, 0.3) is 0 Å². The number of ether oxygens (including phenoxy) is 2. The summed E-state index contributed by atoms with van der Waals surface area (Å²) in [5.74, 6) is -1.64. The summed E-state index contributed by atoms with van der Waals surface area (Å²) in [5.41, 5.74) is 3.47. The third-order valence-corrected chi connectivity index (χ3v) is 10.9. The molecule has 218 valence electrons. The van der Waals surface area contributed by atoms with Crippen LogP contribution in [0.5, 0.6) is 0 Å². The fourth-order valence-electron chi connectivity index (χ4n) is 5.17. The third-order valence-electron chi connectivity index (χ3n) is 7.65. The van der Waals surface area contributed by atoms with Crippen LogP contribution in [0.1, 0.15) is 30.7 Å². The van der Waals surface area contributed by atoms with Gasteiger partial charge in [-0.15, -0.1) is 45.9 Å². The smallest absolute Gasteiger partial charge is 0.348 e. The van der Waals surface area contributed by atoms with E-state index in [0.717, 1.165) is 43.2 Å². The molecule has 0 aliphatic heterocycles. The number of aryl methyl sites for hydroxylation is 2. The molecule has 1 fully saturated rings. The molecule has 0 N–H and O–H groups in total. The Morgan fingerprint density at radius 2 is 1.14 bits per heavy atom. The van der Waals surface area contributed by atoms with E-state index in [1.807, 2.05) is 83.9 Å². The number of para-hydroxylation sites is 2. The second kappa shape index (κ2) is 10.8. The molecule has 0 bridgehead atoms. The van der Waals surface area contributed by atoms with E-state index in [2.05, 4.69) is 10.2 Å². The Morgan fingerprint density at radius 1 is 0.744 bits per heavy atom. The van der Waals surface area contributed by atoms with E-state index in [-0.39, 0.29) is 25.0 Å². The first-order chi connectivity index (χ1) is 20.7. The van der Waals surface area contributed by atoms with Gasteiger partial charge >= 0.3 is 11.9 Å². The molecule has 0 spiro atoms. The van der Waals surface area contributed by atoms with Crippen molar-refractivity contribution >= 4 is 78.2 Å². The minimum Gasteiger partial charge on any atom is -0.461 e. The van der Waals surface area contributed by atoms with Crippen molar-refractivity contribution in [1.29, 1.82) is 0 Å². The van der Waals surface area contributed by atoms with E-state index in [0.29, 0.717) is 9.75 Å². The lowest BCUT2D eigenvalue weighted by Gasteiger charge is -2.04.